The average molecular weight is 418 g/mol. The Kier molecular flexibility index (Phi) is 8.07. The summed E-state index contributed by atoms with van der Waals surface area (Å²) in [4.78, 5) is 39.4. The highest BCUT2D eigenvalue weighted by molar-refractivity contribution is 5.94. The Hall–Kier alpha value is -2.61. The fourth-order valence-corrected chi connectivity index (χ4v) is 3.83. The van der Waals surface area contributed by atoms with Crippen LogP contribution in [0.5, 0.6) is 5.75 Å². The van der Waals surface area contributed by atoms with Crippen molar-refractivity contribution >= 4 is 17.7 Å². The Morgan fingerprint density at radius 2 is 1.87 bits per heavy atom. The van der Waals surface area contributed by atoms with E-state index >= 15 is 0 Å². The lowest BCUT2D eigenvalue weighted by atomic mass is 10.1. The first-order valence-corrected chi connectivity index (χ1v) is 10.7. The maximum Gasteiger partial charge on any atom is 0.251 e. The smallest absolute Gasteiger partial charge is 0.251 e. The normalized spacial score (nSPS) is 17.3. The summed E-state index contributed by atoms with van der Waals surface area (Å²) in [7, 11) is 1.52. The van der Waals surface area contributed by atoms with E-state index in [9.17, 15) is 14.4 Å². The summed E-state index contributed by atoms with van der Waals surface area (Å²) < 4.78 is 10.9. The molecule has 1 N–H and O–H groups in total. The SMILES string of the molecule is COCC(=O)N1CCC(Oc2ccc(C(=O)NCCCN3CCCC3=O)cc2)CC1. The molecular formula is C22H31N3O5. The van der Waals surface area contributed by atoms with Crippen molar-refractivity contribution in [1.82, 2.24) is 15.1 Å². The molecule has 3 rings (SSSR count). The van der Waals surface area contributed by atoms with Crippen molar-refractivity contribution in [1.29, 1.82) is 0 Å². The van der Waals surface area contributed by atoms with Crippen LogP contribution in [0.2, 0.25) is 0 Å². The number of likely N-dealkylation sites (tertiary alicyclic amines) is 2. The van der Waals surface area contributed by atoms with Crippen molar-refractivity contribution in [3.8, 4) is 5.75 Å². The highest BCUT2D eigenvalue weighted by atomic mass is 16.5. The summed E-state index contributed by atoms with van der Waals surface area (Å²) >= 11 is 0. The van der Waals surface area contributed by atoms with Crippen LogP contribution in [0.15, 0.2) is 24.3 Å². The fourth-order valence-electron chi connectivity index (χ4n) is 3.83. The van der Waals surface area contributed by atoms with E-state index in [0.29, 0.717) is 38.2 Å². The Morgan fingerprint density at radius 3 is 2.50 bits per heavy atom. The molecule has 164 valence electrons. The number of methoxy groups -OCH3 is 1. The summed E-state index contributed by atoms with van der Waals surface area (Å²) in [6.07, 6.45) is 3.94. The number of hydrogen-bond acceptors (Lipinski definition) is 5. The molecule has 0 spiro atoms. The van der Waals surface area contributed by atoms with E-state index < -0.39 is 0 Å². The molecule has 0 atom stereocenters. The molecular weight excluding hydrogens is 386 g/mol. The standard InChI is InChI=1S/C22H31N3O5/c1-29-16-21(27)25-14-9-19(10-15-25)30-18-7-5-17(6-8-18)22(28)23-11-3-13-24-12-2-4-20(24)26/h5-8,19H,2-4,9-16H2,1H3,(H,23,28). The summed E-state index contributed by atoms with van der Waals surface area (Å²) in [6, 6.07) is 7.12. The molecule has 0 aromatic heterocycles. The van der Waals surface area contributed by atoms with Crippen molar-refractivity contribution in [2.24, 2.45) is 0 Å². The zero-order valence-corrected chi connectivity index (χ0v) is 17.6. The largest absolute Gasteiger partial charge is 0.490 e. The second-order valence-corrected chi connectivity index (χ2v) is 7.75. The van der Waals surface area contributed by atoms with E-state index in [-0.39, 0.29) is 30.4 Å². The van der Waals surface area contributed by atoms with Crippen LogP contribution < -0.4 is 10.1 Å². The third-order valence-electron chi connectivity index (χ3n) is 5.54. The van der Waals surface area contributed by atoms with Crippen molar-refractivity contribution in [3.63, 3.8) is 0 Å². The van der Waals surface area contributed by atoms with Crippen LogP contribution in [0.3, 0.4) is 0 Å². The average Bonchev–Trinajstić information content (AvgIpc) is 3.17. The van der Waals surface area contributed by atoms with Crippen LogP contribution in [-0.2, 0) is 14.3 Å². The van der Waals surface area contributed by atoms with Gasteiger partial charge in [-0.2, -0.15) is 0 Å². The number of benzene rings is 1. The molecule has 30 heavy (non-hydrogen) atoms. The molecule has 8 nitrogen and oxygen atoms in total. The minimum atomic E-state index is -0.126. The van der Waals surface area contributed by atoms with Crippen LogP contribution in [0.25, 0.3) is 0 Å². The quantitative estimate of drug-likeness (QED) is 0.615. The zero-order chi connectivity index (χ0) is 21.3. The molecule has 2 fully saturated rings. The van der Waals surface area contributed by atoms with Gasteiger partial charge >= 0.3 is 0 Å². The van der Waals surface area contributed by atoms with Gasteiger partial charge in [0.1, 0.15) is 18.5 Å². The van der Waals surface area contributed by atoms with E-state index in [1.165, 1.54) is 7.11 Å². The van der Waals surface area contributed by atoms with Crippen LogP contribution in [-0.4, -0.2) is 80.1 Å². The number of carbonyl (C=O) groups excluding carboxylic acids is 3. The van der Waals surface area contributed by atoms with Gasteiger partial charge in [-0.25, -0.2) is 0 Å². The molecule has 1 aromatic carbocycles. The van der Waals surface area contributed by atoms with E-state index in [0.717, 1.165) is 38.0 Å². The van der Waals surface area contributed by atoms with Gasteiger partial charge < -0.3 is 24.6 Å². The molecule has 2 saturated heterocycles. The van der Waals surface area contributed by atoms with Crippen LogP contribution in [0.4, 0.5) is 0 Å². The molecule has 0 radical (unpaired) electrons. The van der Waals surface area contributed by atoms with Gasteiger partial charge in [0, 0.05) is 64.7 Å². The van der Waals surface area contributed by atoms with Gasteiger partial charge in [-0.15, -0.1) is 0 Å². The van der Waals surface area contributed by atoms with E-state index in [2.05, 4.69) is 5.32 Å². The van der Waals surface area contributed by atoms with E-state index in [4.69, 9.17) is 9.47 Å². The zero-order valence-electron chi connectivity index (χ0n) is 17.6. The van der Waals surface area contributed by atoms with Crippen molar-refractivity contribution in [2.45, 2.75) is 38.2 Å². The van der Waals surface area contributed by atoms with Crippen LogP contribution in [0, 0.1) is 0 Å². The topological polar surface area (TPSA) is 88.2 Å². The molecule has 0 unspecified atom stereocenters. The molecule has 8 heteroatoms. The lowest BCUT2D eigenvalue weighted by Crippen LogP contribution is -2.43. The Bertz CT molecular complexity index is 729. The number of carbonyl (C=O) groups is 3. The van der Waals surface area contributed by atoms with Gasteiger partial charge in [0.2, 0.25) is 11.8 Å². The van der Waals surface area contributed by atoms with Gasteiger partial charge in [-0.05, 0) is 37.1 Å². The summed E-state index contributed by atoms with van der Waals surface area (Å²) in [5.41, 5.74) is 0.583. The Labute approximate surface area is 177 Å². The van der Waals surface area contributed by atoms with Gasteiger partial charge in [0.05, 0.1) is 0 Å². The van der Waals surface area contributed by atoms with Crippen LogP contribution in [0.1, 0.15) is 42.5 Å². The number of nitrogens with one attached hydrogen (secondary N) is 1. The van der Waals surface area contributed by atoms with E-state index in [1.807, 2.05) is 4.90 Å². The molecule has 0 bridgehead atoms. The fraction of sp³-hybridized carbons (Fsp3) is 0.591. The number of amides is 3. The van der Waals surface area contributed by atoms with Crippen LogP contribution >= 0.6 is 0 Å². The lowest BCUT2D eigenvalue weighted by molar-refractivity contribution is -0.137. The highest BCUT2D eigenvalue weighted by Crippen LogP contribution is 2.20. The summed E-state index contributed by atoms with van der Waals surface area (Å²) in [6.45, 7) is 3.51. The maximum absolute atomic E-state index is 12.3. The highest BCUT2D eigenvalue weighted by Gasteiger charge is 2.24. The van der Waals surface area contributed by atoms with Crippen molar-refractivity contribution < 1.29 is 23.9 Å². The number of piperidine rings is 1. The van der Waals surface area contributed by atoms with Gasteiger partial charge in [-0.1, -0.05) is 0 Å². The number of ether oxygens (including phenoxy) is 2. The Balaban J connectivity index is 1.36. The Morgan fingerprint density at radius 1 is 1.13 bits per heavy atom. The van der Waals surface area contributed by atoms with Gasteiger partial charge in [0.15, 0.2) is 0 Å². The predicted octanol–water partition coefficient (Wildman–Crippen LogP) is 1.45. The molecule has 3 amide bonds. The van der Waals surface area contributed by atoms with Crippen molar-refractivity contribution in [3.05, 3.63) is 29.8 Å². The summed E-state index contributed by atoms with van der Waals surface area (Å²) in [5.74, 6) is 0.822. The molecule has 0 aliphatic carbocycles. The lowest BCUT2D eigenvalue weighted by Gasteiger charge is -2.32. The monoisotopic (exact) mass is 417 g/mol. The number of nitrogens with zero attached hydrogens (tertiary/aromatic N) is 2. The molecule has 2 heterocycles. The predicted molar refractivity (Wildman–Crippen MR) is 111 cm³/mol. The molecule has 2 aliphatic heterocycles. The molecule has 0 saturated carbocycles. The second-order valence-electron chi connectivity index (χ2n) is 7.75. The second kappa shape index (κ2) is 11.0. The molecule has 1 aromatic rings. The third-order valence-corrected chi connectivity index (χ3v) is 5.54. The first kappa shape index (κ1) is 22.1. The molecule has 2 aliphatic rings. The van der Waals surface area contributed by atoms with Gasteiger partial charge in [-0.3, -0.25) is 14.4 Å². The third kappa shape index (κ3) is 6.19. The first-order chi connectivity index (χ1) is 14.6. The van der Waals surface area contributed by atoms with E-state index in [1.54, 1.807) is 29.2 Å². The van der Waals surface area contributed by atoms with Crippen molar-refractivity contribution in [2.75, 3.05) is 46.4 Å². The maximum atomic E-state index is 12.3. The van der Waals surface area contributed by atoms with Gasteiger partial charge in [0.25, 0.3) is 5.91 Å². The number of hydrogen-bond donors (Lipinski definition) is 1. The minimum Gasteiger partial charge on any atom is -0.490 e. The minimum absolute atomic E-state index is 0.0124. The first-order valence-electron chi connectivity index (χ1n) is 10.7. The summed E-state index contributed by atoms with van der Waals surface area (Å²) in [5, 5.41) is 2.90. The number of rotatable bonds is 9.